The fraction of sp³-hybridized carbons (Fsp3) is 0.917. The second-order valence-electron chi connectivity index (χ2n) is 6.16. The Morgan fingerprint density at radius 3 is 1.64 bits per heavy atom. The van der Waals surface area contributed by atoms with Crippen molar-refractivity contribution in [1.29, 1.82) is 0 Å². The van der Waals surface area contributed by atoms with Crippen molar-refractivity contribution in [1.82, 2.24) is 4.90 Å². The van der Waals surface area contributed by atoms with Crippen LogP contribution in [0.5, 0.6) is 0 Å². The highest BCUT2D eigenvalue weighted by molar-refractivity contribution is 5.79. The Bertz CT molecular complexity index is 185. The Hall–Kier alpha value is -0.530. The third-order valence-corrected chi connectivity index (χ3v) is 3.01. The van der Waals surface area contributed by atoms with Crippen LogP contribution in [0.15, 0.2) is 0 Å². The van der Waals surface area contributed by atoms with Gasteiger partial charge in [-0.1, -0.05) is 27.7 Å². The minimum Gasteiger partial charge on any atom is -0.341 e. The number of amides is 1. The van der Waals surface area contributed by atoms with Gasteiger partial charge in [0.15, 0.2) is 0 Å². The molecule has 0 rings (SSSR count). The van der Waals surface area contributed by atoms with Crippen LogP contribution in [-0.2, 0) is 4.79 Å². The first-order valence-corrected chi connectivity index (χ1v) is 5.25. The maximum absolute atomic E-state index is 12.1. The van der Waals surface area contributed by atoms with Crippen LogP contribution >= 0.6 is 0 Å². The van der Waals surface area contributed by atoms with Crippen molar-refractivity contribution < 1.29 is 4.79 Å². The second kappa shape index (κ2) is 3.92. The number of rotatable bonds is 1. The molecule has 0 aliphatic rings. The van der Waals surface area contributed by atoms with Crippen LogP contribution < -0.4 is 0 Å². The molecule has 0 spiro atoms. The lowest BCUT2D eigenvalue weighted by Crippen LogP contribution is -2.47. The van der Waals surface area contributed by atoms with Crippen LogP contribution in [0.3, 0.4) is 0 Å². The van der Waals surface area contributed by atoms with Gasteiger partial charge in [-0.15, -0.1) is 0 Å². The summed E-state index contributed by atoms with van der Waals surface area (Å²) < 4.78 is 0. The summed E-state index contributed by atoms with van der Waals surface area (Å²) in [6.45, 7) is 14.5. The Balaban J connectivity index is 4.65. The zero-order valence-electron chi connectivity index (χ0n) is 10.9. The fourth-order valence-corrected chi connectivity index (χ4v) is 0.991. The van der Waals surface area contributed by atoms with Gasteiger partial charge in [0.1, 0.15) is 0 Å². The average Bonchev–Trinajstić information content (AvgIpc) is 1.97. The summed E-state index contributed by atoms with van der Waals surface area (Å²) in [4.78, 5) is 13.9. The molecular weight excluding hydrogens is 174 g/mol. The van der Waals surface area contributed by atoms with E-state index in [2.05, 4.69) is 41.5 Å². The highest BCUT2D eigenvalue weighted by Gasteiger charge is 2.32. The van der Waals surface area contributed by atoms with Crippen LogP contribution in [0.4, 0.5) is 0 Å². The van der Waals surface area contributed by atoms with Gasteiger partial charge in [0, 0.05) is 18.5 Å². The van der Waals surface area contributed by atoms with Crippen molar-refractivity contribution in [2.45, 2.75) is 54.0 Å². The van der Waals surface area contributed by atoms with Crippen LogP contribution in [0.2, 0.25) is 0 Å². The average molecular weight is 199 g/mol. The van der Waals surface area contributed by atoms with Gasteiger partial charge in [-0.25, -0.2) is 0 Å². The molecule has 1 unspecified atom stereocenters. The standard InChI is InChI=1S/C12H25NO/c1-9(11(2,3)4)10(14)13(8)12(5,6)7/h9H,1-8H3. The minimum atomic E-state index is -0.0867. The molecule has 0 aromatic rings. The number of hydrogen-bond donors (Lipinski definition) is 0. The van der Waals surface area contributed by atoms with Crippen LogP contribution in [0, 0.1) is 11.3 Å². The molecule has 1 atom stereocenters. The molecule has 0 bridgehead atoms. The number of carbonyl (C=O) groups is 1. The van der Waals surface area contributed by atoms with Gasteiger partial charge in [0.25, 0.3) is 0 Å². The number of nitrogens with zero attached hydrogens (tertiary/aromatic N) is 1. The molecule has 1 amide bonds. The van der Waals surface area contributed by atoms with Gasteiger partial charge in [0.05, 0.1) is 0 Å². The van der Waals surface area contributed by atoms with E-state index in [9.17, 15) is 4.79 Å². The summed E-state index contributed by atoms with van der Waals surface area (Å²) in [5.41, 5.74) is -0.0484. The lowest BCUT2D eigenvalue weighted by atomic mass is 9.81. The van der Waals surface area contributed by atoms with Crippen molar-refractivity contribution in [2.75, 3.05) is 7.05 Å². The third kappa shape index (κ3) is 3.32. The number of carbonyl (C=O) groups excluding carboxylic acids is 1. The van der Waals surface area contributed by atoms with Crippen molar-refractivity contribution >= 4 is 5.91 Å². The maximum atomic E-state index is 12.1. The molecule has 0 fully saturated rings. The van der Waals surface area contributed by atoms with E-state index in [0.717, 1.165) is 0 Å². The van der Waals surface area contributed by atoms with E-state index < -0.39 is 0 Å². The van der Waals surface area contributed by atoms with Gasteiger partial charge in [-0.3, -0.25) is 4.79 Å². The molecular formula is C12H25NO. The first kappa shape index (κ1) is 13.5. The van der Waals surface area contributed by atoms with E-state index in [4.69, 9.17) is 0 Å². The van der Waals surface area contributed by atoms with Crippen LogP contribution in [0.25, 0.3) is 0 Å². The molecule has 14 heavy (non-hydrogen) atoms. The van der Waals surface area contributed by atoms with Crippen LogP contribution in [0.1, 0.15) is 48.5 Å². The van der Waals surface area contributed by atoms with E-state index in [1.54, 1.807) is 0 Å². The lowest BCUT2D eigenvalue weighted by Gasteiger charge is -2.37. The van der Waals surface area contributed by atoms with Gasteiger partial charge >= 0.3 is 0 Å². The van der Waals surface area contributed by atoms with Crippen molar-refractivity contribution in [3.63, 3.8) is 0 Å². The van der Waals surface area contributed by atoms with Crippen LogP contribution in [-0.4, -0.2) is 23.4 Å². The number of hydrogen-bond acceptors (Lipinski definition) is 1. The largest absolute Gasteiger partial charge is 0.341 e. The van der Waals surface area contributed by atoms with E-state index >= 15 is 0 Å². The highest BCUT2D eigenvalue weighted by Crippen LogP contribution is 2.28. The molecule has 0 aromatic heterocycles. The van der Waals surface area contributed by atoms with E-state index in [-0.39, 0.29) is 22.8 Å². The summed E-state index contributed by atoms with van der Waals surface area (Å²) in [6.07, 6.45) is 0. The van der Waals surface area contributed by atoms with Crippen molar-refractivity contribution in [2.24, 2.45) is 11.3 Å². The molecule has 0 aliphatic carbocycles. The molecule has 0 radical (unpaired) electrons. The molecule has 2 nitrogen and oxygen atoms in total. The summed E-state index contributed by atoms with van der Waals surface area (Å²) >= 11 is 0. The van der Waals surface area contributed by atoms with Crippen molar-refractivity contribution in [3.05, 3.63) is 0 Å². The minimum absolute atomic E-state index is 0.0383. The molecule has 0 saturated carbocycles. The molecule has 0 N–H and O–H groups in total. The quantitative estimate of drug-likeness (QED) is 0.636. The van der Waals surface area contributed by atoms with E-state index in [1.165, 1.54) is 0 Å². The third-order valence-electron chi connectivity index (χ3n) is 3.01. The fourth-order valence-electron chi connectivity index (χ4n) is 0.991. The zero-order chi connectivity index (χ0) is 11.7. The lowest BCUT2D eigenvalue weighted by molar-refractivity contribution is -0.141. The Kier molecular flexibility index (Phi) is 3.77. The Morgan fingerprint density at radius 2 is 1.43 bits per heavy atom. The summed E-state index contributed by atoms with van der Waals surface area (Å²) in [5.74, 6) is 0.289. The SMILES string of the molecule is CC(C(=O)N(C)C(C)(C)C)C(C)(C)C. The first-order valence-electron chi connectivity index (χ1n) is 5.25. The summed E-state index contributed by atoms with van der Waals surface area (Å²) in [6, 6.07) is 0. The predicted octanol–water partition coefficient (Wildman–Crippen LogP) is 2.93. The summed E-state index contributed by atoms with van der Waals surface area (Å²) in [7, 11) is 1.88. The van der Waals surface area contributed by atoms with Gasteiger partial charge in [-0.05, 0) is 26.2 Å². The van der Waals surface area contributed by atoms with Gasteiger partial charge < -0.3 is 4.90 Å². The summed E-state index contributed by atoms with van der Waals surface area (Å²) in [5, 5.41) is 0. The molecule has 0 aromatic carbocycles. The normalized spacial score (nSPS) is 15.1. The molecule has 0 heterocycles. The monoisotopic (exact) mass is 199 g/mol. The predicted molar refractivity (Wildman–Crippen MR) is 61.1 cm³/mol. The molecule has 2 heteroatoms. The maximum Gasteiger partial charge on any atom is 0.226 e. The van der Waals surface area contributed by atoms with E-state index in [1.807, 2.05) is 18.9 Å². The van der Waals surface area contributed by atoms with Crippen molar-refractivity contribution in [3.8, 4) is 0 Å². The van der Waals surface area contributed by atoms with Gasteiger partial charge in [-0.2, -0.15) is 0 Å². The Labute approximate surface area is 88.7 Å². The topological polar surface area (TPSA) is 20.3 Å². The highest BCUT2D eigenvalue weighted by atomic mass is 16.2. The van der Waals surface area contributed by atoms with Gasteiger partial charge in [0.2, 0.25) is 5.91 Å². The second-order valence-corrected chi connectivity index (χ2v) is 6.16. The smallest absolute Gasteiger partial charge is 0.226 e. The first-order chi connectivity index (χ1) is 5.98. The molecule has 0 saturated heterocycles. The molecule has 84 valence electrons. The Morgan fingerprint density at radius 1 is 1.07 bits per heavy atom. The zero-order valence-corrected chi connectivity index (χ0v) is 10.9. The molecule has 0 aliphatic heterocycles. The van der Waals surface area contributed by atoms with E-state index in [0.29, 0.717) is 0 Å².